The van der Waals surface area contributed by atoms with Crippen LogP contribution >= 0.6 is 11.3 Å². The van der Waals surface area contributed by atoms with Crippen LogP contribution in [-0.4, -0.2) is 21.1 Å². The standard InChI is InChI=1S/C10H12N4OS/c1-6-7(2)16-10(12-6)13-9(15)5-8-3-4-11-14-8/h3-4H,5H2,1-2H3,(H,11,14)(H,12,13,15). The lowest BCUT2D eigenvalue weighted by molar-refractivity contribution is -0.115. The van der Waals surface area contributed by atoms with Crippen molar-refractivity contribution in [1.82, 2.24) is 15.2 Å². The van der Waals surface area contributed by atoms with Crippen molar-refractivity contribution in [3.8, 4) is 0 Å². The van der Waals surface area contributed by atoms with Gasteiger partial charge < -0.3 is 5.32 Å². The predicted molar refractivity (Wildman–Crippen MR) is 62.5 cm³/mol. The Labute approximate surface area is 96.9 Å². The molecule has 0 spiro atoms. The molecule has 2 rings (SSSR count). The zero-order valence-electron chi connectivity index (χ0n) is 9.07. The quantitative estimate of drug-likeness (QED) is 0.851. The summed E-state index contributed by atoms with van der Waals surface area (Å²) in [4.78, 5) is 17.0. The second-order valence-electron chi connectivity index (χ2n) is 3.47. The Balaban J connectivity index is 1.97. The van der Waals surface area contributed by atoms with Gasteiger partial charge in [-0.05, 0) is 19.9 Å². The summed E-state index contributed by atoms with van der Waals surface area (Å²) in [5, 5.41) is 9.94. The van der Waals surface area contributed by atoms with Crippen LogP contribution in [0.4, 0.5) is 5.13 Å². The van der Waals surface area contributed by atoms with Crippen molar-refractivity contribution < 1.29 is 4.79 Å². The van der Waals surface area contributed by atoms with E-state index in [1.807, 2.05) is 13.8 Å². The molecule has 0 saturated carbocycles. The average Bonchev–Trinajstić information content (AvgIpc) is 2.78. The van der Waals surface area contributed by atoms with E-state index in [4.69, 9.17) is 0 Å². The smallest absolute Gasteiger partial charge is 0.232 e. The third-order valence-corrected chi connectivity index (χ3v) is 3.17. The molecule has 0 fully saturated rings. The molecule has 2 N–H and O–H groups in total. The fourth-order valence-electron chi connectivity index (χ4n) is 1.25. The van der Waals surface area contributed by atoms with Crippen LogP contribution in [0.3, 0.4) is 0 Å². The highest BCUT2D eigenvalue weighted by molar-refractivity contribution is 7.15. The Hall–Kier alpha value is -1.69. The molecule has 0 aliphatic heterocycles. The first kappa shape index (κ1) is 10.8. The molecular weight excluding hydrogens is 224 g/mol. The predicted octanol–water partition coefficient (Wildman–Crippen LogP) is 1.66. The maximum Gasteiger partial charge on any atom is 0.232 e. The lowest BCUT2D eigenvalue weighted by Crippen LogP contribution is -2.14. The summed E-state index contributed by atoms with van der Waals surface area (Å²) < 4.78 is 0. The van der Waals surface area contributed by atoms with Crippen molar-refractivity contribution in [2.45, 2.75) is 20.3 Å². The first-order valence-corrected chi connectivity index (χ1v) is 5.69. The lowest BCUT2D eigenvalue weighted by Gasteiger charge is -1.98. The Morgan fingerprint density at radius 2 is 2.38 bits per heavy atom. The number of thiazole rings is 1. The van der Waals surface area contributed by atoms with Crippen LogP contribution in [0, 0.1) is 13.8 Å². The number of aryl methyl sites for hydroxylation is 2. The molecular formula is C10H12N4OS. The van der Waals surface area contributed by atoms with Crippen LogP contribution in [0.1, 0.15) is 16.3 Å². The zero-order chi connectivity index (χ0) is 11.5. The van der Waals surface area contributed by atoms with Gasteiger partial charge in [0.2, 0.25) is 5.91 Å². The molecule has 84 valence electrons. The third kappa shape index (κ3) is 2.46. The molecule has 0 aliphatic carbocycles. The van der Waals surface area contributed by atoms with Gasteiger partial charge >= 0.3 is 0 Å². The molecule has 2 aromatic rings. The van der Waals surface area contributed by atoms with Gasteiger partial charge in [-0.2, -0.15) is 5.10 Å². The highest BCUT2D eigenvalue weighted by Crippen LogP contribution is 2.20. The second-order valence-corrected chi connectivity index (χ2v) is 4.67. The van der Waals surface area contributed by atoms with E-state index >= 15 is 0 Å². The summed E-state index contributed by atoms with van der Waals surface area (Å²) in [5.74, 6) is -0.0852. The molecule has 1 amide bonds. The normalized spacial score (nSPS) is 10.4. The molecule has 6 heteroatoms. The number of H-pyrrole nitrogens is 1. The summed E-state index contributed by atoms with van der Waals surface area (Å²) in [6.07, 6.45) is 1.91. The minimum absolute atomic E-state index is 0.0852. The molecule has 16 heavy (non-hydrogen) atoms. The van der Waals surface area contributed by atoms with Crippen molar-refractivity contribution in [3.63, 3.8) is 0 Å². The van der Waals surface area contributed by atoms with Crippen molar-refractivity contribution in [1.29, 1.82) is 0 Å². The lowest BCUT2D eigenvalue weighted by atomic mass is 10.3. The van der Waals surface area contributed by atoms with E-state index < -0.39 is 0 Å². The topological polar surface area (TPSA) is 70.7 Å². The minimum atomic E-state index is -0.0852. The van der Waals surface area contributed by atoms with Gasteiger partial charge in [0, 0.05) is 16.8 Å². The molecule has 0 aliphatic rings. The zero-order valence-corrected chi connectivity index (χ0v) is 9.89. The van der Waals surface area contributed by atoms with Crippen LogP contribution in [0.2, 0.25) is 0 Å². The first-order chi connectivity index (χ1) is 7.65. The number of carbonyl (C=O) groups excluding carboxylic acids is 1. The Bertz CT molecular complexity index is 469. The van der Waals surface area contributed by atoms with E-state index in [-0.39, 0.29) is 12.3 Å². The fourth-order valence-corrected chi connectivity index (χ4v) is 2.08. The van der Waals surface area contributed by atoms with Crippen LogP contribution < -0.4 is 5.32 Å². The number of anilines is 1. The third-order valence-electron chi connectivity index (χ3n) is 2.18. The number of nitrogens with zero attached hydrogens (tertiary/aromatic N) is 2. The molecule has 0 saturated heterocycles. The maximum absolute atomic E-state index is 11.6. The van der Waals surface area contributed by atoms with Gasteiger partial charge in [-0.25, -0.2) is 4.98 Å². The molecule has 0 atom stereocenters. The number of nitrogens with one attached hydrogen (secondary N) is 2. The van der Waals surface area contributed by atoms with Crippen molar-refractivity contribution >= 4 is 22.4 Å². The number of aromatic amines is 1. The summed E-state index contributed by atoms with van der Waals surface area (Å²) in [7, 11) is 0. The number of carbonyl (C=O) groups is 1. The van der Waals surface area contributed by atoms with Crippen LogP contribution in [0.15, 0.2) is 12.3 Å². The van der Waals surface area contributed by atoms with Crippen molar-refractivity contribution in [2.75, 3.05) is 5.32 Å². The van der Waals surface area contributed by atoms with Crippen LogP contribution in [0.5, 0.6) is 0 Å². The SMILES string of the molecule is Cc1nc(NC(=O)Cc2ccn[nH]2)sc1C. The Morgan fingerprint density at radius 1 is 1.56 bits per heavy atom. The van der Waals surface area contributed by atoms with Gasteiger partial charge in [-0.15, -0.1) is 11.3 Å². The second kappa shape index (κ2) is 4.44. The first-order valence-electron chi connectivity index (χ1n) is 4.87. The van der Waals surface area contributed by atoms with Gasteiger partial charge in [-0.1, -0.05) is 0 Å². The number of rotatable bonds is 3. The van der Waals surface area contributed by atoms with Gasteiger partial charge in [-0.3, -0.25) is 9.89 Å². The Kier molecular flexibility index (Phi) is 3.00. The number of aromatic nitrogens is 3. The highest BCUT2D eigenvalue weighted by Gasteiger charge is 2.08. The van der Waals surface area contributed by atoms with E-state index in [0.717, 1.165) is 16.3 Å². The summed E-state index contributed by atoms with van der Waals surface area (Å²) in [5.41, 5.74) is 1.75. The van der Waals surface area contributed by atoms with E-state index in [1.165, 1.54) is 11.3 Å². The Morgan fingerprint density at radius 3 is 2.94 bits per heavy atom. The maximum atomic E-state index is 11.6. The number of amides is 1. The van der Waals surface area contributed by atoms with E-state index in [1.54, 1.807) is 12.3 Å². The molecule has 0 bridgehead atoms. The summed E-state index contributed by atoms with van der Waals surface area (Å²) >= 11 is 1.49. The van der Waals surface area contributed by atoms with Gasteiger partial charge in [0.05, 0.1) is 12.1 Å². The summed E-state index contributed by atoms with van der Waals surface area (Å²) in [6, 6.07) is 1.78. The highest BCUT2D eigenvalue weighted by atomic mass is 32.1. The molecule has 0 aromatic carbocycles. The number of hydrogen-bond donors (Lipinski definition) is 2. The minimum Gasteiger partial charge on any atom is -0.302 e. The van der Waals surface area contributed by atoms with Crippen LogP contribution in [-0.2, 0) is 11.2 Å². The monoisotopic (exact) mass is 236 g/mol. The molecule has 2 heterocycles. The van der Waals surface area contributed by atoms with E-state index in [2.05, 4.69) is 20.5 Å². The van der Waals surface area contributed by atoms with E-state index in [0.29, 0.717) is 5.13 Å². The molecule has 2 aromatic heterocycles. The average molecular weight is 236 g/mol. The van der Waals surface area contributed by atoms with Gasteiger partial charge in [0.1, 0.15) is 0 Å². The molecule has 0 radical (unpaired) electrons. The van der Waals surface area contributed by atoms with Crippen molar-refractivity contribution in [2.24, 2.45) is 0 Å². The number of hydrogen-bond acceptors (Lipinski definition) is 4. The largest absolute Gasteiger partial charge is 0.302 e. The summed E-state index contributed by atoms with van der Waals surface area (Å²) in [6.45, 7) is 3.91. The van der Waals surface area contributed by atoms with Crippen LogP contribution in [0.25, 0.3) is 0 Å². The molecule has 5 nitrogen and oxygen atoms in total. The van der Waals surface area contributed by atoms with E-state index in [9.17, 15) is 4.79 Å². The fraction of sp³-hybridized carbons (Fsp3) is 0.300. The molecule has 0 unspecified atom stereocenters. The van der Waals surface area contributed by atoms with Gasteiger partial charge in [0.25, 0.3) is 0 Å². The van der Waals surface area contributed by atoms with Gasteiger partial charge in [0.15, 0.2) is 5.13 Å². The van der Waals surface area contributed by atoms with Crippen molar-refractivity contribution in [3.05, 3.63) is 28.5 Å².